The summed E-state index contributed by atoms with van der Waals surface area (Å²) < 4.78 is 2.90. The Hall–Kier alpha value is -1.55. The molecule has 2 rings (SSSR count). The van der Waals surface area contributed by atoms with Crippen LogP contribution in [0.25, 0.3) is 0 Å². The molecule has 0 unspecified atom stereocenters. The van der Waals surface area contributed by atoms with Gasteiger partial charge < -0.3 is 9.88 Å². The minimum atomic E-state index is -0.0714. The number of nitrogens with zero attached hydrogens (tertiary/aromatic N) is 1. The molecule has 0 spiro atoms. The Morgan fingerprint density at radius 1 is 1.30 bits per heavy atom. The Bertz CT molecular complexity index is 631. The van der Waals surface area contributed by atoms with Gasteiger partial charge in [-0.3, -0.25) is 4.79 Å². The lowest BCUT2D eigenvalue weighted by Crippen LogP contribution is -2.17. The van der Waals surface area contributed by atoms with E-state index in [2.05, 4.69) is 28.2 Å². The van der Waals surface area contributed by atoms with Gasteiger partial charge in [0, 0.05) is 22.9 Å². The zero-order valence-electron chi connectivity index (χ0n) is 12.0. The van der Waals surface area contributed by atoms with Gasteiger partial charge in [0.05, 0.1) is 0 Å². The number of carbonyl (C=O) groups excluding carboxylic acids is 1. The number of hydrogen-bond acceptors (Lipinski definition) is 1. The molecular formula is C16H19BrN2O. The maximum absolute atomic E-state index is 12.4. The summed E-state index contributed by atoms with van der Waals surface area (Å²) in [5.41, 5.74) is 3.75. The Labute approximate surface area is 128 Å². The topological polar surface area (TPSA) is 34.0 Å². The van der Waals surface area contributed by atoms with Crippen LogP contribution in [0.5, 0.6) is 0 Å². The van der Waals surface area contributed by atoms with Crippen molar-refractivity contribution in [3.05, 3.63) is 51.8 Å². The summed E-state index contributed by atoms with van der Waals surface area (Å²) in [6.07, 6.45) is 2.94. The molecule has 0 aliphatic rings. The lowest BCUT2D eigenvalue weighted by molar-refractivity contribution is 0.101. The van der Waals surface area contributed by atoms with E-state index in [0.717, 1.165) is 34.3 Å². The van der Waals surface area contributed by atoms with Gasteiger partial charge >= 0.3 is 0 Å². The molecule has 1 heterocycles. The SMILES string of the molecule is CCCn1cc(Br)cc1C(=O)Nc1cc(C)ccc1C. The van der Waals surface area contributed by atoms with E-state index in [-0.39, 0.29) is 5.91 Å². The van der Waals surface area contributed by atoms with Crippen LogP contribution in [0, 0.1) is 13.8 Å². The number of aryl methyl sites for hydroxylation is 3. The molecule has 0 atom stereocenters. The average Bonchev–Trinajstić information content (AvgIpc) is 2.75. The standard InChI is InChI=1S/C16H19BrN2O/c1-4-7-19-10-13(17)9-15(19)16(20)18-14-8-11(2)5-6-12(14)3/h5-6,8-10H,4,7H2,1-3H3,(H,18,20). The van der Waals surface area contributed by atoms with Crippen molar-refractivity contribution in [3.63, 3.8) is 0 Å². The zero-order valence-corrected chi connectivity index (χ0v) is 13.6. The van der Waals surface area contributed by atoms with E-state index in [9.17, 15) is 4.79 Å². The Morgan fingerprint density at radius 3 is 2.75 bits per heavy atom. The second-order valence-electron chi connectivity index (χ2n) is 5.01. The normalized spacial score (nSPS) is 10.6. The van der Waals surface area contributed by atoms with E-state index in [0.29, 0.717) is 5.69 Å². The predicted molar refractivity (Wildman–Crippen MR) is 86.3 cm³/mol. The molecule has 20 heavy (non-hydrogen) atoms. The summed E-state index contributed by atoms with van der Waals surface area (Å²) in [5.74, 6) is -0.0714. The molecule has 0 saturated carbocycles. The quantitative estimate of drug-likeness (QED) is 0.875. The summed E-state index contributed by atoms with van der Waals surface area (Å²) >= 11 is 3.43. The number of hydrogen-bond donors (Lipinski definition) is 1. The van der Waals surface area contributed by atoms with E-state index < -0.39 is 0 Å². The third-order valence-electron chi connectivity index (χ3n) is 3.20. The van der Waals surface area contributed by atoms with Crippen LogP contribution >= 0.6 is 15.9 Å². The van der Waals surface area contributed by atoms with Crippen molar-refractivity contribution in [1.82, 2.24) is 4.57 Å². The molecule has 2 aromatic rings. The van der Waals surface area contributed by atoms with Crippen LogP contribution in [0.4, 0.5) is 5.69 Å². The highest BCUT2D eigenvalue weighted by molar-refractivity contribution is 9.10. The molecule has 0 aliphatic heterocycles. The highest BCUT2D eigenvalue weighted by Gasteiger charge is 2.13. The van der Waals surface area contributed by atoms with Gasteiger partial charge in [-0.15, -0.1) is 0 Å². The van der Waals surface area contributed by atoms with Crippen molar-refractivity contribution in [3.8, 4) is 0 Å². The van der Waals surface area contributed by atoms with E-state index in [1.54, 1.807) is 0 Å². The number of anilines is 1. The third-order valence-corrected chi connectivity index (χ3v) is 3.64. The van der Waals surface area contributed by atoms with Crippen molar-refractivity contribution in [2.24, 2.45) is 0 Å². The van der Waals surface area contributed by atoms with Crippen LogP contribution in [0.2, 0.25) is 0 Å². The van der Waals surface area contributed by atoms with Crippen molar-refractivity contribution in [1.29, 1.82) is 0 Å². The van der Waals surface area contributed by atoms with Crippen molar-refractivity contribution < 1.29 is 4.79 Å². The van der Waals surface area contributed by atoms with Crippen LogP contribution in [0.3, 0.4) is 0 Å². The van der Waals surface area contributed by atoms with Gasteiger partial charge in [-0.05, 0) is 59.5 Å². The van der Waals surface area contributed by atoms with Gasteiger partial charge in [-0.1, -0.05) is 19.1 Å². The fraction of sp³-hybridized carbons (Fsp3) is 0.312. The zero-order chi connectivity index (χ0) is 14.7. The highest BCUT2D eigenvalue weighted by atomic mass is 79.9. The summed E-state index contributed by atoms with van der Waals surface area (Å²) in [5, 5.41) is 3.00. The van der Waals surface area contributed by atoms with E-state index >= 15 is 0 Å². The molecule has 1 aromatic carbocycles. The first-order valence-corrected chi connectivity index (χ1v) is 7.55. The maximum Gasteiger partial charge on any atom is 0.272 e. The van der Waals surface area contributed by atoms with Crippen LogP contribution in [0.15, 0.2) is 34.9 Å². The van der Waals surface area contributed by atoms with Gasteiger partial charge in [-0.2, -0.15) is 0 Å². The summed E-state index contributed by atoms with van der Waals surface area (Å²) in [6.45, 7) is 6.95. The molecule has 0 radical (unpaired) electrons. The molecule has 1 aromatic heterocycles. The number of nitrogens with one attached hydrogen (secondary N) is 1. The summed E-state index contributed by atoms with van der Waals surface area (Å²) in [7, 11) is 0. The first-order chi connectivity index (χ1) is 9.51. The number of amides is 1. The molecule has 1 amide bonds. The second-order valence-corrected chi connectivity index (χ2v) is 5.93. The lowest BCUT2D eigenvalue weighted by Gasteiger charge is -2.11. The van der Waals surface area contributed by atoms with E-state index in [1.165, 1.54) is 0 Å². The molecule has 0 aliphatic carbocycles. The monoisotopic (exact) mass is 334 g/mol. The first-order valence-electron chi connectivity index (χ1n) is 6.75. The molecule has 1 N–H and O–H groups in total. The van der Waals surface area contributed by atoms with E-state index in [4.69, 9.17) is 0 Å². The summed E-state index contributed by atoms with van der Waals surface area (Å²) in [4.78, 5) is 12.4. The average molecular weight is 335 g/mol. The first kappa shape index (κ1) is 14.9. The number of rotatable bonds is 4. The highest BCUT2D eigenvalue weighted by Crippen LogP contribution is 2.20. The second kappa shape index (κ2) is 6.27. The van der Waals surface area contributed by atoms with Crippen LogP contribution in [-0.4, -0.2) is 10.5 Å². The number of halogens is 1. The van der Waals surface area contributed by atoms with Crippen molar-refractivity contribution in [2.45, 2.75) is 33.7 Å². The molecule has 0 bridgehead atoms. The smallest absolute Gasteiger partial charge is 0.272 e. The Morgan fingerprint density at radius 2 is 2.05 bits per heavy atom. The molecule has 0 fully saturated rings. The molecule has 0 saturated heterocycles. The minimum Gasteiger partial charge on any atom is -0.342 e. The number of benzene rings is 1. The Balaban J connectivity index is 2.26. The van der Waals surface area contributed by atoms with Crippen LogP contribution in [0.1, 0.15) is 35.0 Å². The lowest BCUT2D eigenvalue weighted by atomic mass is 10.1. The maximum atomic E-state index is 12.4. The van der Waals surface area contributed by atoms with Gasteiger partial charge in [0.25, 0.3) is 5.91 Å². The van der Waals surface area contributed by atoms with Crippen LogP contribution in [-0.2, 0) is 6.54 Å². The third kappa shape index (κ3) is 3.31. The predicted octanol–water partition coefficient (Wildman–Crippen LogP) is 4.53. The molecule has 106 valence electrons. The fourth-order valence-corrected chi connectivity index (χ4v) is 2.61. The van der Waals surface area contributed by atoms with Gasteiger partial charge in [-0.25, -0.2) is 0 Å². The molecule has 4 heteroatoms. The van der Waals surface area contributed by atoms with Gasteiger partial charge in [0.1, 0.15) is 5.69 Å². The minimum absolute atomic E-state index is 0.0714. The molecular weight excluding hydrogens is 316 g/mol. The van der Waals surface area contributed by atoms with Crippen LogP contribution < -0.4 is 5.32 Å². The Kier molecular flexibility index (Phi) is 4.65. The fourth-order valence-electron chi connectivity index (χ4n) is 2.15. The van der Waals surface area contributed by atoms with E-state index in [1.807, 2.05) is 48.9 Å². The number of aromatic nitrogens is 1. The van der Waals surface area contributed by atoms with Crippen molar-refractivity contribution in [2.75, 3.05) is 5.32 Å². The summed E-state index contributed by atoms with van der Waals surface area (Å²) in [6, 6.07) is 7.92. The van der Waals surface area contributed by atoms with Gasteiger partial charge in [0.2, 0.25) is 0 Å². The van der Waals surface area contributed by atoms with Crippen molar-refractivity contribution >= 4 is 27.5 Å². The van der Waals surface area contributed by atoms with Gasteiger partial charge in [0.15, 0.2) is 0 Å². The molecule has 3 nitrogen and oxygen atoms in total. The largest absolute Gasteiger partial charge is 0.342 e. The number of carbonyl (C=O) groups is 1.